The van der Waals surface area contributed by atoms with Gasteiger partial charge >= 0.3 is 0 Å². The Hall–Kier alpha value is -3.26. The highest BCUT2D eigenvalue weighted by Crippen LogP contribution is 2.43. The fraction of sp³-hybridized carbons (Fsp3) is 0.516. The van der Waals surface area contributed by atoms with Crippen LogP contribution in [0.15, 0.2) is 48.5 Å². The minimum atomic E-state index is -0.766. The van der Waals surface area contributed by atoms with E-state index in [-0.39, 0.29) is 41.9 Å². The molecular weight excluding hydrogens is 495 g/mol. The molecule has 1 aliphatic carbocycles. The Kier molecular flexibility index (Phi) is 7.76. The predicted octanol–water partition coefficient (Wildman–Crippen LogP) is 3.56. The number of amides is 3. The maximum Gasteiger partial charge on any atom is 0.245 e. The Labute approximate surface area is 230 Å². The zero-order valence-corrected chi connectivity index (χ0v) is 23.1. The molecule has 0 radical (unpaired) electrons. The summed E-state index contributed by atoms with van der Waals surface area (Å²) in [5, 5.41) is 6.26. The second-order valence-electron chi connectivity index (χ2n) is 11.8. The summed E-state index contributed by atoms with van der Waals surface area (Å²) in [4.78, 5) is 44.1. The molecular formula is C31H39FN4O3. The van der Waals surface area contributed by atoms with Crippen molar-refractivity contribution in [3.05, 3.63) is 65.5 Å². The van der Waals surface area contributed by atoms with Crippen molar-refractivity contribution in [2.24, 2.45) is 5.92 Å². The zero-order valence-electron chi connectivity index (χ0n) is 23.1. The summed E-state index contributed by atoms with van der Waals surface area (Å²) in [6.07, 6.45) is 4.02. The first kappa shape index (κ1) is 27.3. The molecule has 2 fully saturated rings. The van der Waals surface area contributed by atoms with Gasteiger partial charge in [-0.2, -0.15) is 0 Å². The summed E-state index contributed by atoms with van der Waals surface area (Å²) in [7, 11) is 1.90. The molecule has 5 rings (SSSR count). The highest BCUT2D eigenvalue weighted by molar-refractivity contribution is 6.08. The number of nitrogens with zero attached hydrogens (tertiary/aromatic N) is 2. The van der Waals surface area contributed by atoms with Gasteiger partial charge in [0.05, 0.1) is 5.41 Å². The van der Waals surface area contributed by atoms with Gasteiger partial charge in [-0.3, -0.25) is 14.4 Å². The van der Waals surface area contributed by atoms with Gasteiger partial charge < -0.3 is 20.4 Å². The minimum absolute atomic E-state index is 0.0118. The topological polar surface area (TPSA) is 81.8 Å². The molecule has 2 heterocycles. The van der Waals surface area contributed by atoms with Crippen LogP contribution in [0.5, 0.6) is 0 Å². The van der Waals surface area contributed by atoms with Gasteiger partial charge in [-0.25, -0.2) is 4.39 Å². The van der Waals surface area contributed by atoms with Gasteiger partial charge in [0.25, 0.3) is 0 Å². The smallest absolute Gasteiger partial charge is 0.245 e. The number of nitrogens with one attached hydrogen (secondary N) is 2. The predicted molar refractivity (Wildman–Crippen MR) is 149 cm³/mol. The van der Waals surface area contributed by atoms with E-state index in [1.165, 1.54) is 12.1 Å². The van der Waals surface area contributed by atoms with E-state index in [0.717, 1.165) is 30.5 Å². The number of anilines is 1. The van der Waals surface area contributed by atoms with E-state index in [4.69, 9.17) is 0 Å². The number of carbonyl (C=O) groups is 3. The molecule has 3 amide bonds. The van der Waals surface area contributed by atoms with E-state index in [1.54, 1.807) is 17.0 Å². The summed E-state index contributed by atoms with van der Waals surface area (Å²) < 4.78 is 13.9. The van der Waals surface area contributed by atoms with Crippen molar-refractivity contribution in [2.45, 2.75) is 75.9 Å². The highest BCUT2D eigenvalue weighted by Gasteiger charge is 2.47. The lowest BCUT2D eigenvalue weighted by molar-refractivity contribution is -0.138. The molecule has 2 N–H and O–H groups in total. The van der Waals surface area contributed by atoms with E-state index in [0.29, 0.717) is 37.5 Å². The molecule has 2 aromatic carbocycles. The number of likely N-dealkylation sites (tertiary alicyclic amines) is 1. The van der Waals surface area contributed by atoms with Gasteiger partial charge in [-0.15, -0.1) is 0 Å². The van der Waals surface area contributed by atoms with Crippen LogP contribution in [0, 0.1) is 11.7 Å². The van der Waals surface area contributed by atoms with Crippen LogP contribution in [0.4, 0.5) is 10.1 Å². The fourth-order valence-corrected chi connectivity index (χ4v) is 6.54. The zero-order chi connectivity index (χ0) is 27.7. The maximum atomic E-state index is 13.9. The summed E-state index contributed by atoms with van der Waals surface area (Å²) in [6, 6.07) is 13.7. The summed E-state index contributed by atoms with van der Waals surface area (Å²) in [5.74, 6) is -0.666. The number of piperidine rings is 1. The average molecular weight is 535 g/mol. The molecule has 2 aliphatic heterocycles. The van der Waals surface area contributed by atoms with Crippen LogP contribution in [0.1, 0.15) is 57.1 Å². The molecule has 3 aliphatic rings. The number of benzene rings is 2. The third-order valence-corrected chi connectivity index (χ3v) is 8.89. The third-order valence-electron chi connectivity index (χ3n) is 8.89. The van der Waals surface area contributed by atoms with Gasteiger partial charge in [0.2, 0.25) is 17.7 Å². The quantitative estimate of drug-likeness (QED) is 0.569. The second-order valence-corrected chi connectivity index (χ2v) is 11.8. The summed E-state index contributed by atoms with van der Waals surface area (Å²) in [5.41, 5.74) is 2.10. The standard InChI is InChI=1S/C31H39FN4O3/c1-31(2)25-9-4-5-10-27(25)36(30(31)39)24-13-15-35(16-14-24)29(38)26(18-20-7-6-8-22(32)17-20)34-28(37)21-11-12-23(19-21)33-3/h4-10,17,21,23-24,26,33H,11-16,18-19H2,1-3H3,(H,34,37)/t21-,23+,26?/m0/s1. The lowest BCUT2D eigenvalue weighted by Gasteiger charge is -2.39. The van der Waals surface area contributed by atoms with Crippen molar-refractivity contribution in [3.8, 4) is 0 Å². The van der Waals surface area contributed by atoms with E-state index >= 15 is 0 Å². The van der Waals surface area contributed by atoms with E-state index in [1.807, 2.05) is 50.1 Å². The molecule has 1 unspecified atom stereocenters. The maximum absolute atomic E-state index is 13.9. The van der Waals surface area contributed by atoms with Crippen molar-refractivity contribution < 1.29 is 18.8 Å². The van der Waals surface area contributed by atoms with Crippen molar-refractivity contribution in [2.75, 3.05) is 25.0 Å². The number of halogens is 1. The van der Waals surface area contributed by atoms with Crippen LogP contribution < -0.4 is 15.5 Å². The van der Waals surface area contributed by atoms with Crippen molar-refractivity contribution in [1.82, 2.24) is 15.5 Å². The Morgan fingerprint density at radius 3 is 2.49 bits per heavy atom. The third kappa shape index (κ3) is 5.44. The first-order valence-corrected chi connectivity index (χ1v) is 14.1. The molecule has 1 saturated carbocycles. The van der Waals surface area contributed by atoms with Gasteiger partial charge in [0, 0.05) is 43.2 Å². The van der Waals surface area contributed by atoms with Crippen LogP contribution in [0.2, 0.25) is 0 Å². The fourth-order valence-electron chi connectivity index (χ4n) is 6.54. The molecule has 39 heavy (non-hydrogen) atoms. The largest absolute Gasteiger partial charge is 0.344 e. The van der Waals surface area contributed by atoms with E-state index < -0.39 is 11.5 Å². The minimum Gasteiger partial charge on any atom is -0.344 e. The molecule has 0 spiro atoms. The Bertz CT molecular complexity index is 1240. The lowest BCUT2D eigenvalue weighted by Crippen LogP contribution is -2.55. The second kappa shape index (κ2) is 11.1. The number of fused-ring (bicyclic) bond motifs is 1. The number of para-hydroxylation sites is 1. The molecule has 0 bridgehead atoms. The molecule has 3 atom stereocenters. The van der Waals surface area contributed by atoms with E-state index in [2.05, 4.69) is 10.6 Å². The first-order valence-electron chi connectivity index (χ1n) is 14.1. The number of rotatable bonds is 7. The molecule has 0 aromatic heterocycles. The SMILES string of the molecule is CN[C@@H]1CC[C@H](C(=O)NC(Cc2cccc(F)c2)C(=O)N2CCC(N3C(=O)C(C)(C)c4ccccc43)CC2)C1. The lowest BCUT2D eigenvalue weighted by atomic mass is 9.86. The van der Waals surface area contributed by atoms with Gasteiger partial charge in [-0.1, -0.05) is 30.3 Å². The number of hydrogen-bond acceptors (Lipinski definition) is 4. The average Bonchev–Trinajstić information content (AvgIpc) is 3.49. The molecule has 7 nitrogen and oxygen atoms in total. The molecule has 8 heteroatoms. The normalized spacial score (nSPS) is 23.5. The van der Waals surface area contributed by atoms with E-state index in [9.17, 15) is 18.8 Å². The Morgan fingerprint density at radius 2 is 1.79 bits per heavy atom. The monoisotopic (exact) mass is 534 g/mol. The molecule has 208 valence electrons. The van der Waals surface area contributed by atoms with Gasteiger partial charge in [0.15, 0.2) is 0 Å². The van der Waals surface area contributed by atoms with Crippen LogP contribution >= 0.6 is 0 Å². The van der Waals surface area contributed by atoms with Crippen molar-refractivity contribution in [1.29, 1.82) is 0 Å². The highest BCUT2D eigenvalue weighted by atomic mass is 19.1. The summed E-state index contributed by atoms with van der Waals surface area (Å²) >= 11 is 0. The van der Waals surface area contributed by atoms with Gasteiger partial charge in [-0.05, 0) is 82.3 Å². The molecule has 1 saturated heterocycles. The summed E-state index contributed by atoms with van der Waals surface area (Å²) in [6.45, 7) is 4.93. The van der Waals surface area contributed by atoms with Crippen molar-refractivity contribution >= 4 is 23.4 Å². The first-order chi connectivity index (χ1) is 18.7. The Morgan fingerprint density at radius 1 is 1.05 bits per heavy atom. The van der Waals surface area contributed by atoms with Crippen molar-refractivity contribution in [3.63, 3.8) is 0 Å². The molecule has 2 aromatic rings. The van der Waals surface area contributed by atoms with Crippen LogP contribution in [0.3, 0.4) is 0 Å². The van der Waals surface area contributed by atoms with Crippen LogP contribution in [0.25, 0.3) is 0 Å². The number of hydrogen-bond donors (Lipinski definition) is 2. The number of carbonyl (C=O) groups excluding carboxylic acids is 3. The van der Waals surface area contributed by atoms with Crippen LogP contribution in [-0.4, -0.2) is 60.9 Å². The van der Waals surface area contributed by atoms with Crippen LogP contribution in [-0.2, 0) is 26.2 Å². The Balaban J connectivity index is 1.28. The van der Waals surface area contributed by atoms with Gasteiger partial charge in [0.1, 0.15) is 11.9 Å².